The fourth-order valence-electron chi connectivity index (χ4n) is 2.52. The zero-order chi connectivity index (χ0) is 14.8. The summed E-state index contributed by atoms with van der Waals surface area (Å²) in [5, 5.41) is 18.6. The number of pyridine rings is 1. The first kappa shape index (κ1) is 13.3. The normalized spacial score (nSPS) is 15.1. The van der Waals surface area contributed by atoms with Crippen molar-refractivity contribution < 1.29 is 9.84 Å². The number of hydrogen-bond donors (Lipinski definition) is 1. The van der Waals surface area contributed by atoms with Crippen LogP contribution in [-0.2, 0) is 13.2 Å². The first-order valence-corrected chi connectivity index (χ1v) is 6.66. The average molecular weight is 278 g/mol. The second-order valence-corrected chi connectivity index (χ2v) is 4.89. The van der Waals surface area contributed by atoms with Gasteiger partial charge in [-0.2, -0.15) is 5.26 Å². The van der Waals surface area contributed by atoms with Gasteiger partial charge in [-0.25, -0.2) is 0 Å². The van der Waals surface area contributed by atoms with Crippen molar-refractivity contribution in [2.75, 3.05) is 0 Å². The lowest BCUT2D eigenvalue weighted by molar-refractivity contribution is 0.277. The number of aliphatic hydroxyl groups is 1. The van der Waals surface area contributed by atoms with Gasteiger partial charge in [0.25, 0.3) is 0 Å². The minimum absolute atomic E-state index is 0.0435. The standard InChI is InChI=1S/C17H14N2O2/c1-11(8-18)17-13-3-2-6-19-15(13)10-21-16-7-12(9-20)4-5-14(16)17/h2-7,20H,9-10H2,1H3. The molecule has 21 heavy (non-hydrogen) atoms. The number of nitrogens with zero attached hydrogens (tertiary/aromatic N) is 2. The predicted molar refractivity (Wildman–Crippen MR) is 78.2 cm³/mol. The van der Waals surface area contributed by atoms with E-state index in [4.69, 9.17) is 4.74 Å². The summed E-state index contributed by atoms with van der Waals surface area (Å²) < 4.78 is 5.83. The van der Waals surface area contributed by atoms with Crippen LogP contribution >= 0.6 is 0 Å². The maximum absolute atomic E-state index is 9.32. The summed E-state index contributed by atoms with van der Waals surface area (Å²) >= 11 is 0. The van der Waals surface area contributed by atoms with E-state index in [2.05, 4.69) is 11.1 Å². The number of aliphatic hydroxyl groups excluding tert-OH is 1. The molecule has 4 heteroatoms. The molecule has 0 spiro atoms. The molecule has 1 aromatic heterocycles. The summed E-state index contributed by atoms with van der Waals surface area (Å²) in [6.45, 7) is 2.10. The molecule has 0 amide bonds. The van der Waals surface area contributed by atoms with Crippen LogP contribution in [0.25, 0.3) is 5.57 Å². The third-order valence-electron chi connectivity index (χ3n) is 3.56. The van der Waals surface area contributed by atoms with Crippen molar-refractivity contribution in [2.45, 2.75) is 20.1 Å². The van der Waals surface area contributed by atoms with Gasteiger partial charge < -0.3 is 9.84 Å². The molecule has 2 aromatic rings. The summed E-state index contributed by atoms with van der Waals surface area (Å²) in [5.74, 6) is 0.671. The third-order valence-corrected chi connectivity index (χ3v) is 3.56. The van der Waals surface area contributed by atoms with Crippen molar-refractivity contribution in [1.29, 1.82) is 5.26 Å². The number of rotatable bonds is 1. The number of ether oxygens (including phenoxy) is 1. The van der Waals surface area contributed by atoms with Crippen LogP contribution in [0.3, 0.4) is 0 Å². The van der Waals surface area contributed by atoms with Crippen molar-refractivity contribution in [3.8, 4) is 11.8 Å². The Morgan fingerprint density at radius 3 is 3.00 bits per heavy atom. The van der Waals surface area contributed by atoms with E-state index in [1.165, 1.54) is 0 Å². The van der Waals surface area contributed by atoms with Crippen molar-refractivity contribution >= 4 is 5.57 Å². The molecule has 2 heterocycles. The van der Waals surface area contributed by atoms with E-state index in [0.29, 0.717) is 17.9 Å². The van der Waals surface area contributed by atoms with Gasteiger partial charge in [-0.15, -0.1) is 0 Å². The highest BCUT2D eigenvalue weighted by molar-refractivity contribution is 5.87. The first-order chi connectivity index (χ1) is 10.2. The lowest BCUT2D eigenvalue weighted by Crippen LogP contribution is -1.98. The minimum Gasteiger partial charge on any atom is -0.487 e. The monoisotopic (exact) mass is 278 g/mol. The number of nitriles is 1. The van der Waals surface area contributed by atoms with Gasteiger partial charge in [0.1, 0.15) is 12.4 Å². The Labute approximate surface area is 123 Å². The van der Waals surface area contributed by atoms with Gasteiger partial charge in [0, 0.05) is 28.5 Å². The topological polar surface area (TPSA) is 66.1 Å². The lowest BCUT2D eigenvalue weighted by Gasteiger charge is -2.11. The zero-order valence-corrected chi connectivity index (χ0v) is 11.6. The molecule has 1 aliphatic heterocycles. The molecule has 0 fully saturated rings. The van der Waals surface area contributed by atoms with E-state index in [0.717, 1.165) is 28.0 Å². The Balaban J connectivity index is 2.30. The van der Waals surface area contributed by atoms with Gasteiger partial charge in [0.05, 0.1) is 18.4 Å². The molecule has 104 valence electrons. The molecular formula is C17H14N2O2. The van der Waals surface area contributed by atoms with E-state index in [-0.39, 0.29) is 6.61 Å². The lowest BCUT2D eigenvalue weighted by atomic mass is 9.92. The van der Waals surface area contributed by atoms with Crippen LogP contribution in [-0.4, -0.2) is 10.1 Å². The highest BCUT2D eigenvalue weighted by Crippen LogP contribution is 2.38. The fraction of sp³-hybridized carbons (Fsp3) is 0.176. The van der Waals surface area contributed by atoms with Crippen LogP contribution < -0.4 is 4.74 Å². The Morgan fingerprint density at radius 2 is 2.24 bits per heavy atom. The molecule has 0 saturated heterocycles. The Kier molecular flexibility index (Phi) is 3.43. The largest absolute Gasteiger partial charge is 0.487 e. The molecule has 0 bridgehead atoms. The van der Waals surface area contributed by atoms with Gasteiger partial charge in [-0.1, -0.05) is 18.2 Å². The Bertz CT molecular complexity index is 773. The van der Waals surface area contributed by atoms with Crippen molar-refractivity contribution in [1.82, 2.24) is 4.98 Å². The number of benzene rings is 1. The quantitative estimate of drug-likeness (QED) is 0.815. The van der Waals surface area contributed by atoms with Crippen molar-refractivity contribution in [3.63, 3.8) is 0 Å². The van der Waals surface area contributed by atoms with Gasteiger partial charge in [0.15, 0.2) is 0 Å². The van der Waals surface area contributed by atoms with E-state index < -0.39 is 0 Å². The third kappa shape index (κ3) is 2.28. The Morgan fingerprint density at radius 1 is 1.38 bits per heavy atom. The van der Waals surface area contributed by atoms with E-state index in [1.807, 2.05) is 30.3 Å². The molecule has 0 saturated carbocycles. The predicted octanol–water partition coefficient (Wildman–Crippen LogP) is 2.81. The van der Waals surface area contributed by atoms with Gasteiger partial charge in [-0.3, -0.25) is 4.98 Å². The second-order valence-electron chi connectivity index (χ2n) is 4.89. The van der Waals surface area contributed by atoms with E-state index >= 15 is 0 Å². The summed E-state index contributed by atoms with van der Waals surface area (Å²) in [7, 11) is 0. The number of aromatic nitrogens is 1. The van der Waals surface area contributed by atoms with Crippen LogP contribution in [0.15, 0.2) is 42.1 Å². The van der Waals surface area contributed by atoms with Gasteiger partial charge in [0.2, 0.25) is 0 Å². The molecule has 0 radical (unpaired) electrons. The number of fused-ring (bicyclic) bond motifs is 2. The SMILES string of the molecule is CC(C#N)=C1c2ccc(CO)cc2OCc2ncccc21. The van der Waals surface area contributed by atoms with Crippen LogP contribution in [0.5, 0.6) is 5.75 Å². The van der Waals surface area contributed by atoms with Crippen LogP contribution in [0.1, 0.15) is 29.3 Å². The average Bonchev–Trinajstić information content (AvgIpc) is 2.70. The molecule has 0 atom stereocenters. The summed E-state index contributed by atoms with van der Waals surface area (Å²) in [6.07, 6.45) is 1.72. The number of hydrogen-bond acceptors (Lipinski definition) is 4. The fourth-order valence-corrected chi connectivity index (χ4v) is 2.52. The maximum atomic E-state index is 9.32. The maximum Gasteiger partial charge on any atom is 0.131 e. The molecule has 1 aliphatic rings. The van der Waals surface area contributed by atoms with Gasteiger partial charge in [-0.05, 0) is 24.6 Å². The Hall–Kier alpha value is -2.64. The highest BCUT2D eigenvalue weighted by Gasteiger charge is 2.22. The van der Waals surface area contributed by atoms with E-state index in [1.54, 1.807) is 13.1 Å². The molecule has 3 rings (SSSR count). The van der Waals surface area contributed by atoms with Gasteiger partial charge >= 0.3 is 0 Å². The van der Waals surface area contributed by atoms with Crippen molar-refractivity contribution in [3.05, 3.63) is 64.5 Å². The summed E-state index contributed by atoms with van der Waals surface area (Å²) in [6, 6.07) is 11.6. The van der Waals surface area contributed by atoms with Crippen LogP contribution in [0.4, 0.5) is 0 Å². The first-order valence-electron chi connectivity index (χ1n) is 6.66. The van der Waals surface area contributed by atoms with Crippen LogP contribution in [0, 0.1) is 11.3 Å². The molecular weight excluding hydrogens is 264 g/mol. The van der Waals surface area contributed by atoms with Crippen LogP contribution in [0.2, 0.25) is 0 Å². The molecule has 1 N–H and O–H groups in total. The smallest absolute Gasteiger partial charge is 0.131 e. The zero-order valence-electron chi connectivity index (χ0n) is 11.6. The summed E-state index contributed by atoms with van der Waals surface area (Å²) in [5.41, 5.74) is 4.83. The molecule has 4 nitrogen and oxygen atoms in total. The number of allylic oxidation sites excluding steroid dienone is 1. The van der Waals surface area contributed by atoms with E-state index in [9.17, 15) is 10.4 Å². The molecule has 0 unspecified atom stereocenters. The summed E-state index contributed by atoms with van der Waals surface area (Å²) in [4.78, 5) is 4.35. The molecule has 1 aromatic carbocycles. The minimum atomic E-state index is -0.0435. The van der Waals surface area contributed by atoms with Crippen molar-refractivity contribution in [2.24, 2.45) is 0 Å². The second kappa shape index (κ2) is 5.39. The highest BCUT2D eigenvalue weighted by atomic mass is 16.5. The molecule has 0 aliphatic carbocycles.